The van der Waals surface area contributed by atoms with Gasteiger partial charge >= 0.3 is 0 Å². The summed E-state index contributed by atoms with van der Waals surface area (Å²) in [7, 11) is 1.45. The number of aryl methyl sites for hydroxylation is 1. The average Bonchev–Trinajstić information content (AvgIpc) is 2.83. The van der Waals surface area contributed by atoms with Gasteiger partial charge in [0.15, 0.2) is 11.8 Å². The number of amidine groups is 1. The van der Waals surface area contributed by atoms with E-state index in [0.29, 0.717) is 24.6 Å². The predicted octanol–water partition coefficient (Wildman–Crippen LogP) is -0.193. The molecule has 0 fully saturated rings. The molecule has 0 saturated carbocycles. The van der Waals surface area contributed by atoms with Crippen molar-refractivity contribution in [2.45, 2.75) is 12.8 Å². The highest BCUT2D eigenvalue weighted by Gasteiger charge is 2.06. The van der Waals surface area contributed by atoms with Crippen LogP contribution in [-0.2, 0) is 11.3 Å². The first-order chi connectivity index (χ1) is 10.0. The number of nitrogens with zero attached hydrogens (tertiary/aromatic N) is 4. The standard InChI is InChI=1S/C10H17N7O3S/c1-13-8(5-17(18)19)16-20-4-2-3-7-6-21-10(14-7)15-9(11)12/h6H,2-5H2,1H3,(H,13,16)(H4,11,12,14,15). The number of hydroxylamine groups is 1. The summed E-state index contributed by atoms with van der Waals surface area (Å²) in [6, 6.07) is 0. The molecule has 0 aliphatic rings. The summed E-state index contributed by atoms with van der Waals surface area (Å²) in [5.74, 6) is 0.143. The third-order valence-corrected chi connectivity index (χ3v) is 2.97. The number of aliphatic imine (C=N–C) groups is 2. The molecule has 1 aromatic rings. The third-order valence-electron chi connectivity index (χ3n) is 2.18. The van der Waals surface area contributed by atoms with E-state index in [-0.39, 0.29) is 11.8 Å². The monoisotopic (exact) mass is 315 g/mol. The summed E-state index contributed by atoms with van der Waals surface area (Å²) in [5.41, 5.74) is 13.8. The highest BCUT2D eigenvalue weighted by molar-refractivity contribution is 7.13. The van der Waals surface area contributed by atoms with Gasteiger partial charge < -0.3 is 11.5 Å². The molecule has 0 amide bonds. The Balaban J connectivity index is 2.24. The molecule has 0 spiro atoms. The van der Waals surface area contributed by atoms with Gasteiger partial charge in [-0.05, 0) is 12.8 Å². The molecule has 10 nitrogen and oxygen atoms in total. The van der Waals surface area contributed by atoms with Gasteiger partial charge in [0.1, 0.15) is 0 Å². The Bertz CT molecular complexity index is 524. The zero-order chi connectivity index (χ0) is 15.7. The van der Waals surface area contributed by atoms with Gasteiger partial charge in [0.05, 0.1) is 12.3 Å². The number of nitrogens with one attached hydrogen (secondary N) is 1. The highest BCUT2D eigenvalue weighted by Crippen LogP contribution is 2.19. The second-order valence-corrected chi connectivity index (χ2v) is 4.71. The number of aromatic nitrogens is 1. The number of nitrogens with two attached hydrogens (primary N) is 2. The third kappa shape index (κ3) is 7.17. The molecular formula is C10H17N7O3S. The van der Waals surface area contributed by atoms with Crippen molar-refractivity contribution in [1.29, 1.82) is 0 Å². The highest BCUT2D eigenvalue weighted by atomic mass is 32.1. The molecule has 0 radical (unpaired) electrons. The van der Waals surface area contributed by atoms with Crippen LogP contribution in [0.25, 0.3) is 0 Å². The molecule has 21 heavy (non-hydrogen) atoms. The van der Waals surface area contributed by atoms with Crippen LogP contribution in [0.2, 0.25) is 0 Å². The van der Waals surface area contributed by atoms with Crippen molar-refractivity contribution < 1.29 is 9.76 Å². The topological polar surface area (TPSA) is 154 Å². The largest absolute Gasteiger partial charge is 0.370 e. The van der Waals surface area contributed by atoms with Gasteiger partial charge in [-0.15, -0.1) is 11.3 Å². The Hall–Kier alpha value is -2.27. The van der Waals surface area contributed by atoms with Crippen molar-refractivity contribution in [2.75, 3.05) is 20.2 Å². The Kier molecular flexibility index (Phi) is 7.04. The molecule has 0 bridgehead atoms. The van der Waals surface area contributed by atoms with E-state index in [2.05, 4.69) is 20.4 Å². The van der Waals surface area contributed by atoms with E-state index in [1.54, 1.807) is 0 Å². The predicted molar refractivity (Wildman–Crippen MR) is 80.2 cm³/mol. The van der Waals surface area contributed by atoms with E-state index in [0.717, 1.165) is 5.69 Å². The van der Waals surface area contributed by atoms with Crippen LogP contribution in [0.1, 0.15) is 12.1 Å². The SMILES string of the molecule is CN=C(C[N+](=O)[O-])NOCCCc1csc(N=C(N)N)n1. The van der Waals surface area contributed by atoms with Crippen molar-refractivity contribution in [3.05, 3.63) is 21.2 Å². The fraction of sp³-hybridized carbons (Fsp3) is 0.500. The van der Waals surface area contributed by atoms with E-state index in [1.165, 1.54) is 18.4 Å². The molecule has 11 heteroatoms. The minimum atomic E-state index is -0.487. The van der Waals surface area contributed by atoms with Crippen molar-refractivity contribution in [3.8, 4) is 0 Å². The summed E-state index contributed by atoms with van der Waals surface area (Å²) in [6.45, 7) is -0.0314. The summed E-state index contributed by atoms with van der Waals surface area (Å²) >= 11 is 1.35. The molecule has 116 valence electrons. The lowest BCUT2D eigenvalue weighted by Crippen LogP contribution is -2.30. The van der Waals surface area contributed by atoms with Gasteiger partial charge in [-0.25, -0.2) is 10.5 Å². The van der Waals surface area contributed by atoms with Crippen LogP contribution in [-0.4, -0.2) is 41.9 Å². The summed E-state index contributed by atoms with van der Waals surface area (Å²) in [6.07, 6.45) is 1.37. The molecule has 0 unspecified atom stereocenters. The molecule has 1 aromatic heterocycles. The van der Waals surface area contributed by atoms with Crippen LogP contribution >= 0.6 is 11.3 Å². The van der Waals surface area contributed by atoms with Gasteiger partial charge in [-0.3, -0.25) is 19.9 Å². The number of guanidine groups is 1. The van der Waals surface area contributed by atoms with Crippen molar-refractivity contribution in [3.63, 3.8) is 0 Å². The molecule has 1 heterocycles. The number of nitro groups is 1. The van der Waals surface area contributed by atoms with Crippen LogP contribution in [0, 0.1) is 10.1 Å². The second kappa shape index (κ2) is 8.81. The van der Waals surface area contributed by atoms with E-state index in [1.807, 2.05) is 5.38 Å². The normalized spacial score (nSPS) is 11.2. The first-order valence-corrected chi connectivity index (χ1v) is 6.88. The maximum Gasteiger partial charge on any atom is 0.261 e. The second-order valence-electron chi connectivity index (χ2n) is 3.87. The minimum Gasteiger partial charge on any atom is -0.370 e. The maximum absolute atomic E-state index is 10.3. The van der Waals surface area contributed by atoms with Crippen LogP contribution in [0.5, 0.6) is 0 Å². The molecule has 0 aromatic carbocycles. The lowest BCUT2D eigenvalue weighted by atomic mass is 10.3. The van der Waals surface area contributed by atoms with Gasteiger partial charge in [0, 0.05) is 17.4 Å². The summed E-state index contributed by atoms with van der Waals surface area (Å²) in [5, 5.41) is 12.7. The van der Waals surface area contributed by atoms with E-state index < -0.39 is 11.5 Å². The first-order valence-electron chi connectivity index (χ1n) is 6.00. The van der Waals surface area contributed by atoms with Crippen molar-refractivity contribution in [2.24, 2.45) is 21.5 Å². The Labute approximate surface area is 125 Å². The fourth-order valence-electron chi connectivity index (χ4n) is 1.30. The molecule has 1 rings (SSSR count). The van der Waals surface area contributed by atoms with Crippen LogP contribution < -0.4 is 16.9 Å². The van der Waals surface area contributed by atoms with E-state index >= 15 is 0 Å². The van der Waals surface area contributed by atoms with Gasteiger partial charge in [0.2, 0.25) is 5.13 Å². The zero-order valence-electron chi connectivity index (χ0n) is 11.5. The van der Waals surface area contributed by atoms with Crippen molar-refractivity contribution >= 4 is 28.3 Å². The molecular weight excluding hydrogens is 298 g/mol. The lowest BCUT2D eigenvalue weighted by molar-refractivity contribution is -0.464. The Morgan fingerprint density at radius 3 is 3.00 bits per heavy atom. The average molecular weight is 315 g/mol. The summed E-state index contributed by atoms with van der Waals surface area (Å²) in [4.78, 5) is 26.7. The molecule has 0 saturated heterocycles. The van der Waals surface area contributed by atoms with Gasteiger partial charge in [0.25, 0.3) is 6.54 Å². The smallest absolute Gasteiger partial charge is 0.261 e. The Morgan fingerprint density at radius 2 is 2.38 bits per heavy atom. The number of hydrogen-bond acceptors (Lipinski definition) is 7. The number of thiazole rings is 1. The number of rotatable bonds is 8. The van der Waals surface area contributed by atoms with Crippen LogP contribution in [0.4, 0.5) is 5.13 Å². The Morgan fingerprint density at radius 1 is 1.62 bits per heavy atom. The molecule has 5 N–H and O–H groups in total. The summed E-state index contributed by atoms with van der Waals surface area (Å²) < 4.78 is 0. The molecule has 0 aliphatic carbocycles. The van der Waals surface area contributed by atoms with Crippen LogP contribution in [0.3, 0.4) is 0 Å². The van der Waals surface area contributed by atoms with Gasteiger partial charge in [-0.1, -0.05) is 0 Å². The van der Waals surface area contributed by atoms with Crippen LogP contribution in [0.15, 0.2) is 15.4 Å². The van der Waals surface area contributed by atoms with Gasteiger partial charge in [-0.2, -0.15) is 4.99 Å². The molecule has 0 atom stereocenters. The lowest BCUT2D eigenvalue weighted by Gasteiger charge is -2.05. The van der Waals surface area contributed by atoms with Crippen molar-refractivity contribution in [1.82, 2.24) is 10.5 Å². The fourth-order valence-corrected chi connectivity index (χ4v) is 2.04. The number of hydrogen-bond donors (Lipinski definition) is 3. The van der Waals surface area contributed by atoms with E-state index in [4.69, 9.17) is 16.3 Å². The quantitative estimate of drug-likeness (QED) is 0.197. The minimum absolute atomic E-state index is 0.0272. The first kappa shape index (κ1) is 16.8. The molecule has 0 aliphatic heterocycles. The zero-order valence-corrected chi connectivity index (χ0v) is 12.3. The maximum atomic E-state index is 10.3. The van der Waals surface area contributed by atoms with E-state index in [9.17, 15) is 10.1 Å².